The van der Waals surface area contributed by atoms with Gasteiger partial charge in [-0.1, -0.05) is 12.1 Å². The fourth-order valence-electron chi connectivity index (χ4n) is 6.30. The second-order valence-corrected chi connectivity index (χ2v) is 12.1. The molecular weight excluding hydrogens is 640 g/mol. The van der Waals surface area contributed by atoms with Gasteiger partial charge in [0.1, 0.15) is 48.8 Å². The molecule has 13 atom stereocenters. The van der Waals surface area contributed by atoms with Crippen LogP contribution in [-0.2, 0) is 20.6 Å². The molecule has 3 aliphatic rings. The van der Waals surface area contributed by atoms with Crippen LogP contribution < -0.4 is 18.9 Å². The number of aliphatic hydroxyl groups is 9. The van der Waals surface area contributed by atoms with E-state index >= 15 is 0 Å². The van der Waals surface area contributed by atoms with Crippen LogP contribution >= 0.6 is 0 Å². The Morgan fingerprint density at radius 2 is 1.15 bits per heavy atom. The number of hydrogen-bond acceptors (Lipinski definition) is 16. The van der Waals surface area contributed by atoms with Gasteiger partial charge in [0.15, 0.2) is 23.0 Å². The highest BCUT2D eigenvalue weighted by molar-refractivity contribution is 5.45. The summed E-state index contributed by atoms with van der Waals surface area (Å²) in [5.41, 5.74) is 1.52. The van der Waals surface area contributed by atoms with Gasteiger partial charge in [0.05, 0.1) is 40.1 Å². The minimum atomic E-state index is -1.61. The zero-order chi connectivity index (χ0) is 34.7. The lowest BCUT2D eigenvalue weighted by Crippen LogP contribution is -2.60. The minimum absolute atomic E-state index is 0.113. The van der Waals surface area contributed by atoms with E-state index in [-0.39, 0.29) is 35.7 Å². The molecule has 16 nitrogen and oxygen atoms in total. The summed E-state index contributed by atoms with van der Waals surface area (Å²) in [5.74, 6) is 0.496. The first kappa shape index (κ1) is 36.4. The Kier molecular flexibility index (Phi) is 12.0. The third kappa shape index (κ3) is 7.35. The number of ether oxygens (including phenoxy) is 7. The molecule has 0 amide bonds. The van der Waals surface area contributed by atoms with Gasteiger partial charge in [-0.05, 0) is 47.7 Å². The Bertz CT molecular complexity index is 1340. The molecule has 268 valence electrons. The van der Waals surface area contributed by atoms with Gasteiger partial charge in [0.2, 0.25) is 12.6 Å². The Morgan fingerprint density at radius 3 is 1.65 bits per heavy atom. The third-order valence-corrected chi connectivity index (χ3v) is 9.12. The summed E-state index contributed by atoms with van der Waals surface area (Å²) in [6, 6.07) is 10.1. The van der Waals surface area contributed by atoms with Crippen molar-refractivity contribution in [2.45, 2.75) is 73.9 Å². The lowest BCUT2D eigenvalue weighted by atomic mass is 9.84. The van der Waals surface area contributed by atoms with Crippen molar-refractivity contribution in [2.75, 3.05) is 40.6 Å². The molecule has 0 saturated carbocycles. The molecule has 0 aliphatic carbocycles. The monoisotopic (exact) mass is 684 g/mol. The quantitative estimate of drug-likeness (QED) is 0.113. The lowest BCUT2D eigenvalue weighted by Gasteiger charge is -2.39. The van der Waals surface area contributed by atoms with Crippen LogP contribution in [0.3, 0.4) is 0 Å². The molecule has 2 aromatic carbocycles. The molecule has 5 rings (SSSR count). The van der Waals surface area contributed by atoms with E-state index in [1.165, 1.54) is 14.2 Å². The van der Waals surface area contributed by atoms with Gasteiger partial charge in [-0.15, -0.1) is 0 Å². The average Bonchev–Trinajstić information content (AvgIpc) is 3.51. The fraction of sp³-hybridized carbons (Fsp3) is 0.625. The Labute approximate surface area is 276 Å². The molecule has 2 aromatic rings. The first-order chi connectivity index (χ1) is 23.0. The van der Waals surface area contributed by atoms with E-state index in [1.807, 2.05) is 0 Å². The summed E-state index contributed by atoms with van der Waals surface area (Å²) in [4.78, 5) is 0. The first-order valence-electron chi connectivity index (χ1n) is 15.6. The van der Waals surface area contributed by atoms with E-state index in [4.69, 9.17) is 33.2 Å². The highest BCUT2D eigenvalue weighted by Gasteiger charge is 2.46. The SMILES string of the molecule is COc1cc(CC2CO[C@H](c3ccc(O[C@@H]4O[C@H](CO)[C@@H](O)[C@H](O)[C@H]4O)c(OC)c3)C2CO)ccc1O[C@@H]1O[C@H](CO)[C@@H](O)[C@H](O)[C@H]1O. The van der Waals surface area contributed by atoms with Gasteiger partial charge in [-0.2, -0.15) is 0 Å². The van der Waals surface area contributed by atoms with Crippen LogP contribution in [0.5, 0.6) is 23.0 Å². The summed E-state index contributed by atoms with van der Waals surface area (Å²) in [7, 11) is 2.85. The predicted molar refractivity (Wildman–Crippen MR) is 161 cm³/mol. The minimum Gasteiger partial charge on any atom is -0.493 e. The topological polar surface area (TPSA) is 247 Å². The molecular formula is C32H44O16. The zero-order valence-corrected chi connectivity index (χ0v) is 26.4. The molecule has 3 saturated heterocycles. The maximum absolute atomic E-state index is 10.4. The fourth-order valence-corrected chi connectivity index (χ4v) is 6.30. The van der Waals surface area contributed by atoms with Crippen LogP contribution in [0.4, 0.5) is 0 Å². The highest BCUT2D eigenvalue weighted by Crippen LogP contribution is 2.43. The number of methoxy groups -OCH3 is 2. The number of hydrogen-bond donors (Lipinski definition) is 9. The van der Waals surface area contributed by atoms with Crippen LogP contribution in [0, 0.1) is 11.8 Å². The third-order valence-electron chi connectivity index (χ3n) is 9.12. The molecule has 3 fully saturated rings. The Hall–Kier alpha value is -2.84. The van der Waals surface area contributed by atoms with Gasteiger partial charge >= 0.3 is 0 Å². The van der Waals surface area contributed by atoms with E-state index in [2.05, 4.69) is 0 Å². The molecule has 0 radical (unpaired) electrons. The van der Waals surface area contributed by atoms with Gasteiger partial charge < -0.3 is 79.1 Å². The van der Waals surface area contributed by atoms with E-state index in [0.29, 0.717) is 24.3 Å². The van der Waals surface area contributed by atoms with Crippen molar-refractivity contribution >= 4 is 0 Å². The molecule has 2 unspecified atom stereocenters. The summed E-state index contributed by atoms with van der Waals surface area (Å²) in [5, 5.41) is 90.4. The maximum Gasteiger partial charge on any atom is 0.229 e. The highest BCUT2D eigenvalue weighted by atomic mass is 16.7. The van der Waals surface area contributed by atoms with Crippen LogP contribution in [0.25, 0.3) is 0 Å². The van der Waals surface area contributed by atoms with Crippen molar-refractivity contribution in [1.29, 1.82) is 0 Å². The second kappa shape index (κ2) is 15.8. The van der Waals surface area contributed by atoms with E-state index in [1.54, 1.807) is 36.4 Å². The van der Waals surface area contributed by atoms with Crippen molar-refractivity contribution in [1.82, 2.24) is 0 Å². The van der Waals surface area contributed by atoms with Crippen molar-refractivity contribution in [3.63, 3.8) is 0 Å². The van der Waals surface area contributed by atoms with Crippen LogP contribution in [0.1, 0.15) is 17.2 Å². The second-order valence-electron chi connectivity index (χ2n) is 12.1. The van der Waals surface area contributed by atoms with Gasteiger partial charge in [-0.25, -0.2) is 0 Å². The lowest BCUT2D eigenvalue weighted by molar-refractivity contribution is -0.277. The Balaban J connectivity index is 1.26. The maximum atomic E-state index is 10.4. The van der Waals surface area contributed by atoms with Gasteiger partial charge in [-0.3, -0.25) is 0 Å². The standard InChI is InChI=1S/C32H44O16/c1-42-20-8-14(3-5-18(20)45-31-28(40)26(38)24(36)22(11-34)47-31)7-16-13-44-30(17(16)10-33)15-4-6-19(21(9-15)43-2)46-32-29(41)27(39)25(37)23(12-35)48-32/h3-6,8-9,16-17,22-41H,7,10-13H2,1-2H3/t16?,17?,22-,23-,24-,25-,26+,27+,28-,29-,30-,31-,32-/m1/s1. The van der Waals surface area contributed by atoms with Gasteiger partial charge in [0, 0.05) is 12.5 Å². The molecule has 16 heteroatoms. The summed E-state index contributed by atoms with van der Waals surface area (Å²) < 4.78 is 39.6. The van der Waals surface area contributed by atoms with Crippen molar-refractivity contribution in [3.05, 3.63) is 47.5 Å². The summed E-state index contributed by atoms with van der Waals surface area (Å²) in [6.45, 7) is -1.05. The normalized spacial score (nSPS) is 36.9. The predicted octanol–water partition coefficient (Wildman–Crippen LogP) is -2.40. The number of aliphatic hydroxyl groups excluding tert-OH is 9. The molecule has 0 spiro atoms. The van der Waals surface area contributed by atoms with Crippen LogP contribution in [0.15, 0.2) is 36.4 Å². The van der Waals surface area contributed by atoms with Crippen molar-refractivity contribution < 1.29 is 79.1 Å². The van der Waals surface area contributed by atoms with Crippen molar-refractivity contribution in [2.24, 2.45) is 11.8 Å². The average molecular weight is 685 g/mol. The number of rotatable bonds is 12. The van der Waals surface area contributed by atoms with Crippen LogP contribution in [-0.4, -0.2) is 148 Å². The van der Waals surface area contributed by atoms with E-state index in [9.17, 15) is 46.0 Å². The first-order valence-corrected chi connectivity index (χ1v) is 15.6. The largest absolute Gasteiger partial charge is 0.493 e. The summed E-state index contributed by atoms with van der Waals surface area (Å²) in [6.07, 6.45) is -14.5. The molecule has 0 aromatic heterocycles. The van der Waals surface area contributed by atoms with Crippen molar-refractivity contribution in [3.8, 4) is 23.0 Å². The zero-order valence-electron chi connectivity index (χ0n) is 26.4. The van der Waals surface area contributed by atoms with Crippen LogP contribution in [0.2, 0.25) is 0 Å². The van der Waals surface area contributed by atoms with E-state index < -0.39 is 80.7 Å². The molecule has 48 heavy (non-hydrogen) atoms. The smallest absolute Gasteiger partial charge is 0.229 e. The van der Waals surface area contributed by atoms with E-state index in [0.717, 1.165) is 5.56 Å². The molecule has 3 heterocycles. The molecule has 3 aliphatic heterocycles. The Morgan fingerprint density at radius 1 is 0.625 bits per heavy atom. The van der Waals surface area contributed by atoms with Gasteiger partial charge in [0.25, 0.3) is 0 Å². The number of benzene rings is 2. The molecule has 9 N–H and O–H groups in total. The summed E-state index contributed by atoms with van der Waals surface area (Å²) >= 11 is 0. The molecule has 0 bridgehead atoms.